The van der Waals surface area contributed by atoms with Gasteiger partial charge in [-0.25, -0.2) is 4.79 Å². The largest absolute Gasteiger partial charge is 0.497 e. The number of ketones is 1. The molecular formula is C22H18O4. The van der Waals surface area contributed by atoms with Crippen molar-refractivity contribution < 1.29 is 19.1 Å². The average Bonchev–Trinajstić information content (AvgIpc) is 2.87. The van der Waals surface area contributed by atoms with E-state index in [1.807, 2.05) is 54.6 Å². The summed E-state index contributed by atoms with van der Waals surface area (Å²) in [5.41, 5.74) is 3.16. The Morgan fingerprint density at radius 2 is 1.50 bits per heavy atom. The van der Waals surface area contributed by atoms with Gasteiger partial charge in [-0.15, -0.1) is 0 Å². The van der Waals surface area contributed by atoms with Crippen molar-refractivity contribution in [2.75, 3.05) is 14.2 Å². The maximum absolute atomic E-state index is 12.7. The summed E-state index contributed by atoms with van der Waals surface area (Å²) in [4.78, 5) is 24.8. The second kappa shape index (κ2) is 7.66. The lowest BCUT2D eigenvalue weighted by molar-refractivity contribution is 0.0602. The van der Waals surface area contributed by atoms with Crippen LogP contribution >= 0.6 is 0 Å². The molecule has 0 bridgehead atoms. The molecule has 130 valence electrons. The highest BCUT2D eigenvalue weighted by molar-refractivity contribution is 6.15. The van der Waals surface area contributed by atoms with Gasteiger partial charge in [-0.05, 0) is 41.0 Å². The van der Waals surface area contributed by atoms with Crippen molar-refractivity contribution in [3.8, 4) is 16.9 Å². The monoisotopic (exact) mass is 346 g/mol. The summed E-state index contributed by atoms with van der Waals surface area (Å²) in [6, 6.07) is 18.1. The first-order valence-electron chi connectivity index (χ1n) is 8.10. The van der Waals surface area contributed by atoms with Crippen LogP contribution in [0.3, 0.4) is 0 Å². The highest BCUT2D eigenvalue weighted by atomic mass is 16.5. The topological polar surface area (TPSA) is 52.6 Å². The molecule has 0 fully saturated rings. The minimum absolute atomic E-state index is 0.174. The predicted molar refractivity (Wildman–Crippen MR) is 101 cm³/mol. The van der Waals surface area contributed by atoms with Crippen molar-refractivity contribution >= 4 is 17.8 Å². The van der Waals surface area contributed by atoms with Crippen LogP contribution in [0.25, 0.3) is 17.2 Å². The second-order valence-electron chi connectivity index (χ2n) is 5.67. The summed E-state index contributed by atoms with van der Waals surface area (Å²) >= 11 is 0. The fourth-order valence-electron chi connectivity index (χ4n) is 2.78. The summed E-state index contributed by atoms with van der Waals surface area (Å²) in [5.74, 6) is 0.122. The molecule has 0 saturated carbocycles. The van der Waals surface area contributed by atoms with Crippen LogP contribution in [0, 0.1) is 0 Å². The Kier molecular flexibility index (Phi) is 5.13. The molecule has 0 N–H and O–H groups in total. The molecule has 2 aliphatic rings. The van der Waals surface area contributed by atoms with Crippen molar-refractivity contribution in [3.05, 3.63) is 83.4 Å². The van der Waals surface area contributed by atoms with Crippen LogP contribution < -0.4 is 4.74 Å². The van der Waals surface area contributed by atoms with E-state index in [1.165, 1.54) is 13.2 Å². The number of carbonyl (C=O) groups is 2. The van der Waals surface area contributed by atoms with Crippen molar-refractivity contribution in [2.24, 2.45) is 0 Å². The minimum atomic E-state index is -0.459. The highest BCUT2D eigenvalue weighted by Gasteiger charge is 2.22. The van der Waals surface area contributed by atoms with Gasteiger partial charge in [-0.3, -0.25) is 4.79 Å². The molecule has 4 nitrogen and oxygen atoms in total. The van der Waals surface area contributed by atoms with Crippen molar-refractivity contribution in [1.82, 2.24) is 0 Å². The molecule has 26 heavy (non-hydrogen) atoms. The van der Waals surface area contributed by atoms with Crippen LogP contribution in [-0.2, 0) is 4.74 Å². The lowest BCUT2D eigenvalue weighted by Crippen LogP contribution is -2.00. The van der Waals surface area contributed by atoms with E-state index in [1.54, 1.807) is 19.3 Å². The maximum atomic E-state index is 12.7. The van der Waals surface area contributed by atoms with Crippen molar-refractivity contribution in [3.63, 3.8) is 0 Å². The fraction of sp³-hybridized carbons (Fsp3) is 0.0909. The first-order valence-corrected chi connectivity index (χ1v) is 8.10. The number of carbonyl (C=O) groups excluding carboxylic acids is 2. The Morgan fingerprint density at radius 3 is 2.12 bits per heavy atom. The lowest BCUT2D eigenvalue weighted by Gasteiger charge is -2.00. The second-order valence-corrected chi connectivity index (χ2v) is 5.67. The van der Waals surface area contributed by atoms with E-state index < -0.39 is 5.97 Å². The summed E-state index contributed by atoms with van der Waals surface area (Å²) in [7, 11) is 2.93. The van der Waals surface area contributed by atoms with Gasteiger partial charge in [0.15, 0.2) is 5.78 Å². The molecule has 0 radical (unpaired) electrons. The Labute approximate surface area is 152 Å². The Hall–Kier alpha value is -3.40. The van der Waals surface area contributed by atoms with Gasteiger partial charge < -0.3 is 9.47 Å². The van der Waals surface area contributed by atoms with Crippen LogP contribution in [-0.4, -0.2) is 26.0 Å². The van der Waals surface area contributed by atoms with Crippen LogP contribution in [0.5, 0.6) is 5.75 Å². The summed E-state index contributed by atoms with van der Waals surface area (Å²) in [5, 5.41) is 0. The number of esters is 1. The number of ether oxygens (including phenoxy) is 2. The molecule has 0 spiro atoms. The first kappa shape index (κ1) is 17.4. The number of hydrogen-bond acceptors (Lipinski definition) is 4. The van der Waals surface area contributed by atoms with Crippen LogP contribution in [0.2, 0.25) is 0 Å². The third-order valence-corrected chi connectivity index (χ3v) is 4.12. The molecule has 0 atom stereocenters. The van der Waals surface area contributed by atoms with Crippen LogP contribution in [0.4, 0.5) is 0 Å². The van der Waals surface area contributed by atoms with Crippen molar-refractivity contribution in [2.45, 2.75) is 0 Å². The Morgan fingerprint density at radius 1 is 0.846 bits per heavy atom. The molecule has 4 heteroatoms. The van der Waals surface area contributed by atoms with Crippen molar-refractivity contribution in [1.29, 1.82) is 0 Å². The predicted octanol–water partition coefficient (Wildman–Crippen LogP) is 4.48. The van der Waals surface area contributed by atoms with E-state index in [0.29, 0.717) is 16.7 Å². The number of methoxy groups -OCH3 is 2. The minimum Gasteiger partial charge on any atom is -0.497 e. The number of rotatable bonds is 5. The smallest absolute Gasteiger partial charge is 0.338 e. The van der Waals surface area contributed by atoms with Crippen LogP contribution in [0.15, 0.2) is 66.7 Å². The van der Waals surface area contributed by atoms with Gasteiger partial charge in [0.1, 0.15) is 5.75 Å². The zero-order valence-corrected chi connectivity index (χ0v) is 14.6. The van der Waals surface area contributed by atoms with Gasteiger partial charge in [-0.2, -0.15) is 0 Å². The molecule has 1 aromatic carbocycles. The zero-order valence-electron chi connectivity index (χ0n) is 14.6. The molecule has 0 unspecified atom stereocenters. The maximum Gasteiger partial charge on any atom is 0.338 e. The zero-order chi connectivity index (χ0) is 18.5. The van der Waals surface area contributed by atoms with Crippen LogP contribution in [0.1, 0.15) is 26.3 Å². The highest BCUT2D eigenvalue weighted by Crippen LogP contribution is 2.33. The number of fused-ring (bicyclic) bond motifs is 1. The molecule has 0 aromatic heterocycles. The van der Waals surface area contributed by atoms with Gasteiger partial charge in [-0.1, -0.05) is 48.5 Å². The average molecular weight is 346 g/mol. The van der Waals surface area contributed by atoms with E-state index in [9.17, 15) is 9.59 Å². The molecule has 0 saturated heterocycles. The molecule has 0 aliphatic heterocycles. The molecule has 0 amide bonds. The molecule has 0 heterocycles. The van der Waals surface area contributed by atoms with E-state index in [2.05, 4.69) is 0 Å². The Bertz CT molecular complexity index is 939. The number of hydrogen-bond donors (Lipinski definition) is 0. The van der Waals surface area contributed by atoms with Gasteiger partial charge >= 0.3 is 5.97 Å². The van der Waals surface area contributed by atoms with Gasteiger partial charge in [0.2, 0.25) is 0 Å². The van der Waals surface area contributed by atoms with E-state index in [0.717, 1.165) is 16.9 Å². The van der Waals surface area contributed by atoms with E-state index in [4.69, 9.17) is 9.47 Å². The van der Waals surface area contributed by atoms with Gasteiger partial charge in [0.25, 0.3) is 0 Å². The van der Waals surface area contributed by atoms with Gasteiger partial charge in [0, 0.05) is 5.56 Å². The van der Waals surface area contributed by atoms with E-state index >= 15 is 0 Å². The third-order valence-electron chi connectivity index (χ3n) is 4.12. The SMILES string of the molecule is COC(=O)c1cc(C(=O)/C=C/c2ccc(OC)cc2)c2cccccc1-2. The number of benzene rings is 1. The quantitative estimate of drug-likeness (QED) is 0.388. The summed E-state index contributed by atoms with van der Waals surface area (Å²) < 4.78 is 9.96. The van der Waals surface area contributed by atoms with Gasteiger partial charge in [0.05, 0.1) is 19.8 Å². The molecule has 2 aliphatic carbocycles. The lowest BCUT2D eigenvalue weighted by atomic mass is 10.0. The van der Waals surface area contributed by atoms with E-state index in [-0.39, 0.29) is 5.78 Å². The number of allylic oxidation sites excluding steroid dienone is 1. The fourth-order valence-corrected chi connectivity index (χ4v) is 2.78. The molecular weight excluding hydrogens is 328 g/mol. The molecule has 3 rings (SSSR count). The summed E-state index contributed by atoms with van der Waals surface area (Å²) in [6.45, 7) is 0. The Balaban J connectivity index is 1.95. The molecule has 1 aromatic rings. The normalized spacial score (nSPS) is 10.8. The summed E-state index contributed by atoms with van der Waals surface area (Å²) in [6.07, 6.45) is 3.24. The third kappa shape index (κ3) is 3.49. The first-order chi connectivity index (χ1) is 12.6. The standard InChI is InChI=1S/C22H18O4/c1-25-16-11-8-15(9-12-16)10-13-21(23)19-14-20(22(24)26-2)18-7-5-3-4-6-17(18)19/h3-14H,1-2H3/b13-10+.